The third kappa shape index (κ3) is 5.67. The summed E-state index contributed by atoms with van der Waals surface area (Å²) in [5.74, 6) is -0.784. The molecule has 0 N–H and O–H groups in total. The summed E-state index contributed by atoms with van der Waals surface area (Å²) in [6.45, 7) is 4.96. The van der Waals surface area contributed by atoms with E-state index in [0.717, 1.165) is 15.9 Å². The molecule has 0 saturated heterocycles. The van der Waals surface area contributed by atoms with Crippen LogP contribution in [0, 0.1) is 0 Å². The zero-order chi connectivity index (χ0) is 27.8. The average Bonchev–Trinajstić information content (AvgIpc) is 3.14. The third-order valence-electron chi connectivity index (χ3n) is 5.40. The second-order valence-electron chi connectivity index (χ2n) is 8.46. The molecule has 12 heteroatoms. The number of alkyl halides is 3. The quantitative estimate of drug-likeness (QED) is 0.362. The van der Waals surface area contributed by atoms with E-state index in [9.17, 15) is 22.8 Å². The number of halogens is 5. The number of ether oxygens (including phenoxy) is 2. The number of carbonyl (C=O) groups excluding carboxylic acids is 1. The van der Waals surface area contributed by atoms with Crippen molar-refractivity contribution >= 4 is 46.6 Å². The zero-order valence-corrected chi connectivity index (χ0v) is 22.6. The standard InChI is InChI=1S/C26H21Cl2F3N2O4S/c1-4-36-24(35)20-21(14-5-7-16(27)8-6-14)33-23(34)19(38-25(33)32-22(20)26(29,30)31)12-15-11-17(28)9-10-18(15)37-13(2)3/h5-13,21H,4H2,1-3H3/b19-12-/t21-/m0/s1. The van der Waals surface area contributed by atoms with E-state index in [-0.39, 0.29) is 27.6 Å². The molecule has 6 nitrogen and oxygen atoms in total. The van der Waals surface area contributed by atoms with E-state index in [2.05, 4.69) is 4.99 Å². The summed E-state index contributed by atoms with van der Waals surface area (Å²) in [7, 11) is 0. The number of carbonyl (C=O) groups is 1. The van der Waals surface area contributed by atoms with Crippen LogP contribution in [0.25, 0.3) is 6.08 Å². The van der Waals surface area contributed by atoms with E-state index in [1.807, 2.05) is 13.8 Å². The topological polar surface area (TPSA) is 69.9 Å². The molecule has 0 bridgehead atoms. The summed E-state index contributed by atoms with van der Waals surface area (Å²) in [5, 5.41) is 0.709. The number of hydrogen-bond donors (Lipinski definition) is 0. The van der Waals surface area contributed by atoms with Crippen LogP contribution in [-0.2, 0) is 9.53 Å². The molecule has 1 aliphatic heterocycles. The van der Waals surface area contributed by atoms with Gasteiger partial charge >= 0.3 is 12.1 Å². The second kappa shape index (κ2) is 11.0. The molecule has 2 aromatic carbocycles. The maximum Gasteiger partial charge on any atom is 0.434 e. The Bertz CT molecular complexity index is 1590. The molecule has 0 saturated carbocycles. The maximum absolute atomic E-state index is 14.2. The largest absolute Gasteiger partial charge is 0.490 e. The fraction of sp³-hybridized carbons (Fsp3) is 0.269. The van der Waals surface area contributed by atoms with Gasteiger partial charge in [0.1, 0.15) is 5.75 Å². The Labute approximate surface area is 229 Å². The van der Waals surface area contributed by atoms with Crippen molar-refractivity contribution in [1.82, 2.24) is 4.57 Å². The van der Waals surface area contributed by atoms with Crippen LogP contribution < -0.4 is 19.6 Å². The van der Waals surface area contributed by atoms with Crippen LogP contribution in [0.1, 0.15) is 37.9 Å². The van der Waals surface area contributed by atoms with Crippen LogP contribution in [0.3, 0.4) is 0 Å². The van der Waals surface area contributed by atoms with Crippen molar-refractivity contribution in [3.05, 3.63) is 94.6 Å². The van der Waals surface area contributed by atoms with E-state index in [0.29, 0.717) is 21.4 Å². The van der Waals surface area contributed by atoms with Gasteiger partial charge in [-0.05, 0) is 62.7 Å². The molecule has 3 aromatic rings. The minimum atomic E-state index is -4.99. The van der Waals surface area contributed by atoms with Gasteiger partial charge in [-0.3, -0.25) is 9.36 Å². The lowest BCUT2D eigenvalue weighted by Gasteiger charge is -2.26. The number of hydrogen-bond acceptors (Lipinski definition) is 6. The fourth-order valence-electron chi connectivity index (χ4n) is 3.94. The van der Waals surface area contributed by atoms with Crippen molar-refractivity contribution in [2.45, 2.75) is 39.1 Å². The Hall–Kier alpha value is -3.08. The highest BCUT2D eigenvalue weighted by molar-refractivity contribution is 7.07. The van der Waals surface area contributed by atoms with Crippen molar-refractivity contribution < 1.29 is 27.4 Å². The van der Waals surface area contributed by atoms with Gasteiger partial charge in [-0.25, -0.2) is 9.79 Å². The van der Waals surface area contributed by atoms with Crippen LogP contribution in [0.5, 0.6) is 5.75 Å². The molecule has 38 heavy (non-hydrogen) atoms. The molecule has 200 valence electrons. The van der Waals surface area contributed by atoms with Crippen LogP contribution in [0.4, 0.5) is 13.2 Å². The zero-order valence-electron chi connectivity index (χ0n) is 20.3. The highest BCUT2D eigenvalue weighted by Gasteiger charge is 2.45. The monoisotopic (exact) mass is 584 g/mol. The highest BCUT2D eigenvalue weighted by Crippen LogP contribution is 2.38. The lowest BCUT2D eigenvalue weighted by molar-refractivity contribution is -0.140. The lowest BCUT2D eigenvalue weighted by Crippen LogP contribution is -2.41. The van der Waals surface area contributed by atoms with Gasteiger partial charge in [0, 0.05) is 15.6 Å². The molecule has 0 aliphatic carbocycles. The number of esters is 1. The minimum absolute atomic E-state index is 0.0743. The van der Waals surface area contributed by atoms with E-state index in [1.165, 1.54) is 37.3 Å². The van der Waals surface area contributed by atoms with E-state index in [1.54, 1.807) is 18.2 Å². The van der Waals surface area contributed by atoms with Crippen molar-refractivity contribution in [3.63, 3.8) is 0 Å². The van der Waals surface area contributed by atoms with Crippen LogP contribution in [0.15, 0.2) is 63.5 Å². The second-order valence-corrected chi connectivity index (χ2v) is 10.3. The van der Waals surface area contributed by atoms with Gasteiger partial charge in [0.25, 0.3) is 5.56 Å². The first kappa shape index (κ1) is 27.9. The van der Waals surface area contributed by atoms with Gasteiger partial charge in [0.2, 0.25) is 0 Å². The highest BCUT2D eigenvalue weighted by atomic mass is 35.5. The summed E-state index contributed by atoms with van der Waals surface area (Å²) in [5.41, 5.74) is -2.16. The Morgan fingerprint density at radius 2 is 1.82 bits per heavy atom. The normalized spacial score (nSPS) is 15.9. The molecule has 0 unspecified atom stereocenters. The van der Waals surface area contributed by atoms with Gasteiger partial charge < -0.3 is 9.47 Å². The van der Waals surface area contributed by atoms with Crippen molar-refractivity contribution in [3.8, 4) is 5.75 Å². The first-order valence-electron chi connectivity index (χ1n) is 11.4. The molecule has 0 spiro atoms. The first-order valence-corrected chi connectivity index (χ1v) is 13.0. The lowest BCUT2D eigenvalue weighted by atomic mass is 9.95. The summed E-state index contributed by atoms with van der Waals surface area (Å²) in [4.78, 5) is 30.1. The van der Waals surface area contributed by atoms with Gasteiger partial charge in [-0.15, -0.1) is 0 Å². The molecule has 0 fully saturated rings. The molecular formula is C26H21Cl2F3N2O4S. The van der Waals surface area contributed by atoms with Crippen molar-refractivity contribution in [2.24, 2.45) is 4.99 Å². The predicted octanol–water partition coefficient (Wildman–Crippen LogP) is 5.43. The smallest absolute Gasteiger partial charge is 0.434 e. The molecular weight excluding hydrogens is 564 g/mol. The van der Waals surface area contributed by atoms with Crippen molar-refractivity contribution in [1.29, 1.82) is 0 Å². The number of rotatable bonds is 6. The Kier molecular flexibility index (Phi) is 8.06. The van der Waals surface area contributed by atoms with Gasteiger partial charge in [-0.2, -0.15) is 13.2 Å². The van der Waals surface area contributed by atoms with Crippen LogP contribution in [0.2, 0.25) is 10.0 Å². The van der Waals surface area contributed by atoms with Crippen LogP contribution in [-0.4, -0.2) is 29.4 Å². The number of thiazole rings is 1. The predicted molar refractivity (Wildman–Crippen MR) is 139 cm³/mol. The summed E-state index contributed by atoms with van der Waals surface area (Å²) >= 11 is 12.9. The van der Waals surface area contributed by atoms with E-state index in [4.69, 9.17) is 32.7 Å². The Morgan fingerprint density at radius 1 is 1.16 bits per heavy atom. The average molecular weight is 585 g/mol. The van der Waals surface area contributed by atoms with E-state index < -0.39 is 35.0 Å². The van der Waals surface area contributed by atoms with Gasteiger partial charge in [0.05, 0.1) is 28.9 Å². The SMILES string of the molecule is CCOC(=O)C1=C(C(F)(F)F)N=c2s/c(=C\c3cc(Cl)ccc3OC(C)C)c(=O)n2[C@H]1c1ccc(Cl)cc1. The van der Waals surface area contributed by atoms with Crippen LogP contribution >= 0.6 is 34.5 Å². The molecule has 1 atom stereocenters. The van der Waals surface area contributed by atoms with Crippen molar-refractivity contribution in [2.75, 3.05) is 6.61 Å². The molecule has 1 aromatic heterocycles. The molecule has 0 amide bonds. The Morgan fingerprint density at radius 3 is 2.42 bits per heavy atom. The van der Waals surface area contributed by atoms with E-state index >= 15 is 0 Å². The third-order valence-corrected chi connectivity index (χ3v) is 6.87. The number of aromatic nitrogens is 1. The minimum Gasteiger partial charge on any atom is -0.490 e. The fourth-order valence-corrected chi connectivity index (χ4v) is 5.23. The summed E-state index contributed by atoms with van der Waals surface area (Å²) < 4.78 is 54.5. The van der Waals surface area contributed by atoms with Gasteiger partial charge in [0.15, 0.2) is 10.5 Å². The number of fused-ring (bicyclic) bond motifs is 1. The number of benzene rings is 2. The summed E-state index contributed by atoms with van der Waals surface area (Å²) in [6, 6.07) is 9.23. The van der Waals surface area contributed by atoms with Gasteiger partial charge in [-0.1, -0.05) is 46.7 Å². The first-order chi connectivity index (χ1) is 17.9. The molecule has 2 heterocycles. The molecule has 0 radical (unpaired) electrons. The maximum atomic E-state index is 14.2. The Balaban J connectivity index is 2.04. The number of nitrogens with zero attached hydrogens (tertiary/aromatic N) is 2. The summed E-state index contributed by atoms with van der Waals surface area (Å²) in [6.07, 6.45) is -3.70. The molecule has 1 aliphatic rings. The number of allylic oxidation sites excluding steroid dienone is 1. The molecule has 4 rings (SSSR count).